The van der Waals surface area contributed by atoms with Crippen molar-refractivity contribution >= 4 is 5.97 Å². The molecule has 1 aromatic carbocycles. The summed E-state index contributed by atoms with van der Waals surface area (Å²) < 4.78 is 19.7. The molecule has 0 saturated carbocycles. The van der Waals surface area contributed by atoms with Crippen molar-refractivity contribution in [1.82, 2.24) is 9.55 Å². The molecule has 3 rings (SSSR count). The second-order valence-electron chi connectivity index (χ2n) is 7.95. The molecule has 1 fully saturated rings. The summed E-state index contributed by atoms with van der Waals surface area (Å²) in [5.41, 5.74) is -0.502. The third-order valence-corrected chi connectivity index (χ3v) is 5.72. The van der Waals surface area contributed by atoms with E-state index in [2.05, 4.69) is 4.98 Å². The van der Waals surface area contributed by atoms with Gasteiger partial charge in [-0.2, -0.15) is 0 Å². The average molecular weight is 431 g/mol. The van der Waals surface area contributed by atoms with Crippen LogP contribution in [-0.4, -0.2) is 33.3 Å². The van der Waals surface area contributed by atoms with E-state index in [0.29, 0.717) is 25.0 Å². The van der Waals surface area contributed by atoms with Crippen LogP contribution in [0.15, 0.2) is 46.1 Å². The number of hydrogen-bond acceptors (Lipinski definition) is 6. The molecular formula is C23H30N2O6. The summed E-state index contributed by atoms with van der Waals surface area (Å²) in [6.07, 6.45) is 1.16. The number of aromatic amines is 1. The van der Waals surface area contributed by atoms with Gasteiger partial charge in [0, 0.05) is 18.7 Å². The first kappa shape index (κ1) is 23.0. The quantitative estimate of drug-likeness (QED) is 0.647. The predicted molar refractivity (Wildman–Crippen MR) is 115 cm³/mol. The Kier molecular flexibility index (Phi) is 7.12. The van der Waals surface area contributed by atoms with Crippen molar-refractivity contribution in [1.29, 1.82) is 0 Å². The first-order chi connectivity index (χ1) is 14.8. The van der Waals surface area contributed by atoms with Crippen molar-refractivity contribution in [2.75, 3.05) is 0 Å². The normalized spacial score (nSPS) is 25.5. The van der Waals surface area contributed by atoms with Gasteiger partial charge in [-0.15, -0.1) is 0 Å². The molecular weight excluding hydrogens is 400 g/mol. The maximum atomic E-state index is 12.6. The Hall–Kier alpha value is -2.71. The van der Waals surface area contributed by atoms with Crippen LogP contribution in [0.2, 0.25) is 0 Å². The fraction of sp³-hybridized carbons (Fsp3) is 0.522. The lowest BCUT2D eigenvalue weighted by molar-refractivity contribution is -0.158. The molecule has 1 unspecified atom stereocenters. The SMILES string of the molecule is CCC[C@]1(CC)O[C@@H](n2cc(C)c(=O)[nH]c2=O)[C@@H](OC(C)=O)C1OCc1ccccc1. The van der Waals surface area contributed by atoms with Crippen molar-refractivity contribution in [3.63, 3.8) is 0 Å². The van der Waals surface area contributed by atoms with Gasteiger partial charge < -0.3 is 14.2 Å². The van der Waals surface area contributed by atoms with Crippen LogP contribution in [0.3, 0.4) is 0 Å². The Bertz CT molecular complexity index is 1010. The lowest BCUT2D eigenvalue weighted by Crippen LogP contribution is -2.46. The van der Waals surface area contributed by atoms with Gasteiger partial charge in [-0.25, -0.2) is 4.79 Å². The van der Waals surface area contributed by atoms with Crippen molar-refractivity contribution in [3.05, 3.63) is 68.5 Å². The maximum Gasteiger partial charge on any atom is 0.330 e. The third kappa shape index (κ3) is 4.80. The number of H-pyrrole nitrogens is 1. The molecule has 1 saturated heterocycles. The molecule has 0 spiro atoms. The van der Waals surface area contributed by atoms with E-state index in [-0.39, 0.29) is 0 Å². The standard InChI is InChI=1S/C23H30N2O6/c1-5-12-23(6-2)19(29-14-17-10-8-7-9-11-17)18(30-16(4)26)21(31-23)25-13-15(3)20(27)24-22(25)28/h7-11,13,18-19,21H,5-6,12,14H2,1-4H3,(H,24,27,28)/t18-,19?,21+,23-/m0/s1. The molecule has 2 heterocycles. The number of ether oxygens (including phenoxy) is 3. The fourth-order valence-corrected chi connectivity index (χ4v) is 4.22. The number of aromatic nitrogens is 2. The van der Waals surface area contributed by atoms with Crippen LogP contribution in [0.4, 0.5) is 0 Å². The van der Waals surface area contributed by atoms with Gasteiger partial charge in [0.05, 0.1) is 6.61 Å². The molecule has 8 heteroatoms. The van der Waals surface area contributed by atoms with E-state index in [9.17, 15) is 14.4 Å². The van der Waals surface area contributed by atoms with E-state index in [1.165, 1.54) is 17.7 Å². The van der Waals surface area contributed by atoms with Crippen LogP contribution < -0.4 is 11.2 Å². The number of carbonyl (C=O) groups excluding carboxylic acids is 1. The van der Waals surface area contributed by atoms with Crippen LogP contribution in [0.5, 0.6) is 0 Å². The summed E-state index contributed by atoms with van der Waals surface area (Å²) >= 11 is 0. The van der Waals surface area contributed by atoms with Gasteiger partial charge in [-0.05, 0) is 25.3 Å². The first-order valence-corrected chi connectivity index (χ1v) is 10.6. The summed E-state index contributed by atoms with van der Waals surface area (Å²) in [7, 11) is 0. The Morgan fingerprint density at radius 1 is 1.23 bits per heavy atom. The van der Waals surface area contributed by atoms with E-state index in [4.69, 9.17) is 14.2 Å². The lowest BCUT2D eigenvalue weighted by Gasteiger charge is -2.34. The summed E-state index contributed by atoms with van der Waals surface area (Å²) in [5.74, 6) is -0.496. The zero-order valence-corrected chi connectivity index (χ0v) is 18.4. The van der Waals surface area contributed by atoms with Crippen LogP contribution in [0.25, 0.3) is 0 Å². The van der Waals surface area contributed by atoms with E-state index in [0.717, 1.165) is 12.0 Å². The summed E-state index contributed by atoms with van der Waals surface area (Å²) in [4.78, 5) is 38.7. The zero-order valence-electron chi connectivity index (χ0n) is 18.4. The minimum atomic E-state index is -0.917. The van der Waals surface area contributed by atoms with E-state index >= 15 is 0 Å². The Balaban J connectivity index is 2.05. The van der Waals surface area contributed by atoms with Crippen molar-refractivity contribution in [2.24, 2.45) is 0 Å². The highest BCUT2D eigenvalue weighted by atomic mass is 16.6. The summed E-state index contributed by atoms with van der Waals surface area (Å²) in [5, 5.41) is 0. The molecule has 0 radical (unpaired) electrons. The third-order valence-electron chi connectivity index (χ3n) is 5.72. The van der Waals surface area contributed by atoms with Crippen LogP contribution >= 0.6 is 0 Å². The molecule has 1 aliphatic rings. The largest absolute Gasteiger partial charge is 0.455 e. The molecule has 31 heavy (non-hydrogen) atoms. The Morgan fingerprint density at radius 3 is 2.55 bits per heavy atom. The van der Waals surface area contributed by atoms with E-state index in [1.54, 1.807) is 6.92 Å². The van der Waals surface area contributed by atoms with Gasteiger partial charge in [0.25, 0.3) is 5.56 Å². The maximum absolute atomic E-state index is 12.6. The lowest BCUT2D eigenvalue weighted by atomic mass is 9.87. The van der Waals surface area contributed by atoms with Gasteiger partial charge in [0.15, 0.2) is 12.3 Å². The van der Waals surface area contributed by atoms with Gasteiger partial charge in [0.1, 0.15) is 11.7 Å². The minimum absolute atomic E-state index is 0.310. The van der Waals surface area contributed by atoms with E-state index in [1.807, 2.05) is 44.2 Å². The first-order valence-electron chi connectivity index (χ1n) is 10.6. The zero-order chi connectivity index (χ0) is 22.6. The number of nitrogens with one attached hydrogen (secondary N) is 1. The van der Waals surface area contributed by atoms with Crippen LogP contribution in [-0.2, 0) is 25.6 Å². The molecule has 2 aromatic rings. The second-order valence-corrected chi connectivity index (χ2v) is 7.95. The number of benzene rings is 1. The van der Waals surface area contributed by atoms with E-state index < -0.39 is 41.3 Å². The molecule has 1 N–H and O–H groups in total. The highest BCUT2D eigenvalue weighted by Crippen LogP contribution is 2.45. The molecule has 168 valence electrons. The average Bonchev–Trinajstić information content (AvgIpc) is 3.03. The second kappa shape index (κ2) is 9.62. The molecule has 0 aliphatic carbocycles. The highest BCUT2D eigenvalue weighted by Gasteiger charge is 2.57. The number of nitrogens with zero attached hydrogens (tertiary/aromatic N) is 1. The number of hydrogen-bond donors (Lipinski definition) is 1. The smallest absolute Gasteiger partial charge is 0.330 e. The highest BCUT2D eigenvalue weighted by molar-refractivity contribution is 5.66. The van der Waals surface area contributed by atoms with Gasteiger partial charge in [-0.3, -0.25) is 19.1 Å². The van der Waals surface area contributed by atoms with Gasteiger partial charge >= 0.3 is 11.7 Å². The Morgan fingerprint density at radius 2 is 1.94 bits per heavy atom. The van der Waals surface area contributed by atoms with Crippen LogP contribution in [0, 0.1) is 6.92 Å². The molecule has 4 atom stereocenters. The monoisotopic (exact) mass is 430 g/mol. The van der Waals surface area contributed by atoms with Crippen molar-refractivity contribution in [2.45, 2.75) is 77.6 Å². The summed E-state index contributed by atoms with van der Waals surface area (Å²) in [6, 6.07) is 9.70. The topological polar surface area (TPSA) is 99.6 Å². The molecule has 8 nitrogen and oxygen atoms in total. The number of aryl methyl sites for hydroxylation is 1. The molecule has 0 amide bonds. The molecule has 0 bridgehead atoms. The molecule has 1 aliphatic heterocycles. The fourth-order valence-electron chi connectivity index (χ4n) is 4.22. The molecule has 1 aromatic heterocycles. The van der Waals surface area contributed by atoms with Gasteiger partial charge in [0.2, 0.25) is 0 Å². The predicted octanol–water partition coefficient (Wildman–Crippen LogP) is 2.84. The van der Waals surface area contributed by atoms with Crippen molar-refractivity contribution < 1.29 is 19.0 Å². The van der Waals surface area contributed by atoms with Crippen molar-refractivity contribution in [3.8, 4) is 0 Å². The van der Waals surface area contributed by atoms with Crippen LogP contribution in [0.1, 0.15) is 57.4 Å². The number of rotatable bonds is 8. The number of carbonyl (C=O) groups is 1. The minimum Gasteiger partial charge on any atom is -0.455 e. The van der Waals surface area contributed by atoms with Gasteiger partial charge in [-0.1, -0.05) is 50.6 Å². The number of esters is 1. The Labute approximate surface area is 181 Å². The summed E-state index contributed by atoms with van der Waals surface area (Å²) in [6.45, 7) is 7.26.